The molecule has 0 unspecified atom stereocenters. The van der Waals surface area contributed by atoms with Gasteiger partial charge < -0.3 is 14.2 Å². The van der Waals surface area contributed by atoms with Crippen LogP contribution in [0.15, 0.2) is 0 Å². The summed E-state index contributed by atoms with van der Waals surface area (Å²) < 4.78 is 16.8. The lowest BCUT2D eigenvalue weighted by atomic mass is 10.0. The van der Waals surface area contributed by atoms with Gasteiger partial charge in [0, 0.05) is 19.3 Å². The number of ether oxygens (including phenoxy) is 3. The SMILES string of the molecule is CCCCCCCCCCCCCCCCCCCC(=O)OC[C@@H](COC(=O)CCCCCCCCCCCC(C)C)OC(=O)CCCCCCCCCCCCCCCC. The van der Waals surface area contributed by atoms with E-state index in [1.165, 1.54) is 205 Å². The topological polar surface area (TPSA) is 78.9 Å². The third-order valence-electron chi connectivity index (χ3n) is 12.5. The third kappa shape index (κ3) is 49.3. The van der Waals surface area contributed by atoms with Gasteiger partial charge in [-0.1, -0.05) is 272 Å². The molecule has 0 fully saturated rings. The van der Waals surface area contributed by atoms with Crippen LogP contribution in [0.4, 0.5) is 0 Å². The van der Waals surface area contributed by atoms with Gasteiger partial charge in [-0.2, -0.15) is 0 Å². The monoisotopic (exact) mass is 863 g/mol. The van der Waals surface area contributed by atoms with Gasteiger partial charge in [0.25, 0.3) is 0 Å². The summed E-state index contributed by atoms with van der Waals surface area (Å²) in [6, 6.07) is 0. The van der Waals surface area contributed by atoms with Crippen molar-refractivity contribution in [3.63, 3.8) is 0 Å². The van der Waals surface area contributed by atoms with Gasteiger partial charge in [0.05, 0.1) is 0 Å². The highest BCUT2D eigenvalue weighted by atomic mass is 16.6. The maximum atomic E-state index is 12.8. The van der Waals surface area contributed by atoms with E-state index in [2.05, 4.69) is 27.7 Å². The van der Waals surface area contributed by atoms with Crippen LogP contribution in [-0.4, -0.2) is 37.2 Å². The molecule has 0 spiro atoms. The predicted octanol–water partition coefficient (Wildman–Crippen LogP) is 17.8. The van der Waals surface area contributed by atoms with Crippen molar-refractivity contribution < 1.29 is 28.6 Å². The van der Waals surface area contributed by atoms with E-state index in [4.69, 9.17) is 14.2 Å². The Hall–Kier alpha value is -1.59. The number of carbonyl (C=O) groups excluding carboxylic acids is 3. The lowest BCUT2D eigenvalue weighted by Gasteiger charge is -2.18. The largest absolute Gasteiger partial charge is 0.462 e. The number of hydrogen-bond acceptors (Lipinski definition) is 6. The average molecular weight is 863 g/mol. The van der Waals surface area contributed by atoms with Crippen molar-refractivity contribution in [3.8, 4) is 0 Å². The normalized spacial score (nSPS) is 12.0. The molecule has 0 saturated carbocycles. The Kier molecular flexibility index (Phi) is 48.1. The Bertz CT molecular complexity index is 918. The molecule has 0 aliphatic heterocycles. The molecule has 0 aromatic heterocycles. The van der Waals surface area contributed by atoms with Crippen LogP contribution >= 0.6 is 0 Å². The first-order chi connectivity index (χ1) is 29.9. The Morgan fingerprint density at radius 3 is 0.803 bits per heavy atom. The van der Waals surface area contributed by atoms with Crippen LogP contribution in [0.5, 0.6) is 0 Å². The van der Waals surface area contributed by atoms with E-state index in [-0.39, 0.29) is 31.1 Å². The van der Waals surface area contributed by atoms with Gasteiger partial charge in [-0.3, -0.25) is 14.4 Å². The van der Waals surface area contributed by atoms with Crippen molar-refractivity contribution in [1.29, 1.82) is 0 Å². The van der Waals surface area contributed by atoms with Crippen molar-refractivity contribution in [2.75, 3.05) is 13.2 Å². The molecule has 0 rings (SSSR count). The second-order valence-electron chi connectivity index (χ2n) is 19.3. The van der Waals surface area contributed by atoms with E-state index in [1.54, 1.807) is 0 Å². The first-order valence-electron chi connectivity index (χ1n) is 27.4. The Labute approximate surface area is 380 Å². The fourth-order valence-corrected chi connectivity index (χ4v) is 8.39. The number of hydrogen-bond donors (Lipinski definition) is 0. The first kappa shape index (κ1) is 59.4. The molecule has 0 N–H and O–H groups in total. The van der Waals surface area contributed by atoms with Gasteiger partial charge in [-0.25, -0.2) is 0 Å². The zero-order valence-corrected chi connectivity index (χ0v) is 41.6. The van der Waals surface area contributed by atoms with Crippen molar-refractivity contribution in [3.05, 3.63) is 0 Å². The first-order valence-corrected chi connectivity index (χ1v) is 27.4. The minimum absolute atomic E-state index is 0.0625. The van der Waals surface area contributed by atoms with Crippen molar-refractivity contribution in [2.24, 2.45) is 5.92 Å². The molecule has 6 heteroatoms. The standard InChI is InChI=1S/C55H106O6/c1-5-7-9-11-13-15-17-19-21-22-23-25-26-30-34-38-42-46-53(56)59-49-52(50-60-54(57)47-43-39-35-32-28-29-33-37-41-45-51(3)4)61-55(58)48-44-40-36-31-27-24-20-18-16-14-12-10-8-6-2/h51-52H,5-50H2,1-4H3/t52-/m0/s1. The molecule has 0 aromatic rings. The minimum Gasteiger partial charge on any atom is -0.462 e. The van der Waals surface area contributed by atoms with E-state index < -0.39 is 6.10 Å². The van der Waals surface area contributed by atoms with E-state index in [9.17, 15) is 14.4 Å². The Morgan fingerprint density at radius 2 is 0.541 bits per heavy atom. The molecule has 0 aliphatic carbocycles. The van der Waals surface area contributed by atoms with Crippen LogP contribution < -0.4 is 0 Å². The predicted molar refractivity (Wildman–Crippen MR) is 261 cm³/mol. The van der Waals surface area contributed by atoms with Crippen LogP contribution in [0.3, 0.4) is 0 Å². The molecule has 0 bridgehead atoms. The molecule has 0 saturated heterocycles. The number of rotatable bonds is 50. The van der Waals surface area contributed by atoms with Gasteiger partial charge >= 0.3 is 17.9 Å². The van der Waals surface area contributed by atoms with E-state index in [0.29, 0.717) is 19.3 Å². The summed E-state index contributed by atoms with van der Waals surface area (Å²) in [4.78, 5) is 38.0. The Morgan fingerprint density at radius 1 is 0.311 bits per heavy atom. The van der Waals surface area contributed by atoms with Gasteiger partial charge in [0.1, 0.15) is 13.2 Å². The zero-order chi connectivity index (χ0) is 44.5. The second-order valence-corrected chi connectivity index (χ2v) is 19.3. The summed E-state index contributed by atoms with van der Waals surface area (Å²) in [5.74, 6) is -0.0324. The lowest BCUT2D eigenvalue weighted by Crippen LogP contribution is -2.30. The van der Waals surface area contributed by atoms with E-state index in [1.807, 2.05) is 0 Å². The molecule has 362 valence electrons. The molecule has 61 heavy (non-hydrogen) atoms. The minimum atomic E-state index is -0.761. The fourth-order valence-electron chi connectivity index (χ4n) is 8.39. The van der Waals surface area contributed by atoms with Crippen LogP contribution in [0, 0.1) is 5.92 Å². The third-order valence-corrected chi connectivity index (χ3v) is 12.5. The molecular weight excluding hydrogens is 757 g/mol. The second kappa shape index (κ2) is 49.4. The molecule has 0 radical (unpaired) electrons. The van der Waals surface area contributed by atoms with Gasteiger partial charge in [0.2, 0.25) is 0 Å². The highest BCUT2D eigenvalue weighted by Gasteiger charge is 2.19. The van der Waals surface area contributed by atoms with Crippen LogP contribution in [0.2, 0.25) is 0 Å². The van der Waals surface area contributed by atoms with Crippen LogP contribution in [0.25, 0.3) is 0 Å². The van der Waals surface area contributed by atoms with Crippen LogP contribution in [0.1, 0.15) is 310 Å². The summed E-state index contributed by atoms with van der Waals surface area (Å²) in [6.45, 7) is 9.02. The number of unbranched alkanes of at least 4 members (excludes halogenated alkanes) is 37. The summed E-state index contributed by atoms with van der Waals surface area (Å²) in [5, 5.41) is 0. The van der Waals surface area contributed by atoms with Gasteiger partial charge in [-0.05, 0) is 25.2 Å². The molecule has 0 aromatic carbocycles. The van der Waals surface area contributed by atoms with Gasteiger partial charge in [0.15, 0.2) is 6.10 Å². The Balaban J connectivity index is 4.28. The molecule has 0 aliphatic rings. The zero-order valence-electron chi connectivity index (χ0n) is 41.6. The maximum Gasteiger partial charge on any atom is 0.306 e. The highest BCUT2D eigenvalue weighted by molar-refractivity contribution is 5.71. The summed E-state index contributed by atoms with van der Waals surface area (Å²) in [6.07, 6.45) is 52.3. The van der Waals surface area contributed by atoms with Gasteiger partial charge in [-0.15, -0.1) is 0 Å². The smallest absolute Gasteiger partial charge is 0.306 e. The van der Waals surface area contributed by atoms with E-state index >= 15 is 0 Å². The summed E-state index contributed by atoms with van der Waals surface area (Å²) in [7, 11) is 0. The summed E-state index contributed by atoms with van der Waals surface area (Å²) >= 11 is 0. The van der Waals surface area contributed by atoms with Crippen LogP contribution in [-0.2, 0) is 28.6 Å². The number of esters is 3. The van der Waals surface area contributed by atoms with Crippen molar-refractivity contribution >= 4 is 17.9 Å². The molecule has 0 heterocycles. The van der Waals surface area contributed by atoms with Crippen molar-refractivity contribution in [1.82, 2.24) is 0 Å². The molecule has 1 atom stereocenters. The molecular formula is C55H106O6. The number of carbonyl (C=O) groups is 3. The summed E-state index contributed by atoms with van der Waals surface area (Å²) in [5.41, 5.74) is 0. The quantitative estimate of drug-likeness (QED) is 0.0344. The lowest BCUT2D eigenvalue weighted by molar-refractivity contribution is -0.167. The molecule has 0 amide bonds. The fraction of sp³-hybridized carbons (Fsp3) is 0.945. The maximum absolute atomic E-state index is 12.8. The van der Waals surface area contributed by atoms with E-state index in [0.717, 1.165) is 63.7 Å². The highest BCUT2D eigenvalue weighted by Crippen LogP contribution is 2.17. The van der Waals surface area contributed by atoms with Crippen molar-refractivity contribution in [2.45, 2.75) is 316 Å². The average Bonchev–Trinajstić information content (AvgIpc) is 3.24. The molecule has 6 nitrogen and oxygen atoms in total.